The second-order valence-electron chi connectivity index (χ2n) is 12.2. The van der Waals surface area contributed by atoms with Crippen LogP contribution < -0.4 is 14.4 Å². The Morgan fingerprint density at radius 3 is 2.55 bits per heavy atom. The molecule has 0 saturated carbocycles. The van der Waals surface area contributed by atoms with E-state index >= 15 is 0 Å². The Labute approximate surface area is 286 Å². The normalized spacial score (nSPS) is 13.3. The molecule has 5 rings (SSSR count). The van der Waals surface area contributed by atoms with E-state index in [4.69, 9.17) is 19.2 Å². The molecule has 0 unspecified atom stereocenters. The van der Waals surface area contributed by atoms with Gasteiger partial charge in [-0.2, -0.15) is 4.99 Å². The third-order valence-corrected chi connectivity index (χ3v) is 8.79. The number of nitrogens with zero attached hydrogens (tertiary/aromatic N) is 5. The number of carbonyl (C=O) groups excluding carboxylic acids is 3. The van der Waals surface area contributed by atoms with Crippen molar-refractivity contribution >= 4 is 40.3 Å². The number of hydrogen-bond acceptors (Lipinski definition) is 9. The predicted molar refractivity (Wildman–Crippen MR) is 189 cm³/mol. The topological polar surface area (TPSA) is 130 Å². The van der Waals surface area contributed by atoms with E-state index in [0.29, 0.717) is 48.0 Å². The summed E-state index contributed by atoms with van der Waals surface area (Å²) in [5, 5.41) is 0. The number of rotatable bonds is 14. The summed E-state index contributed by atoms with van der Waals surface area (Å²) in [6.07, 6.45) is 4.56. The highest BCUT2D eigenvalue weighted by Crippen LogP contribution is 2.43. The minimum atomic E-state index is -0.407. The summed E-state index contributed by atoms with van der Waals surface area (Å²) in [6, 6.07) is 14.7. The van der Waals surface area contributed by atoms with Gasteiger partial charge < -0.3 is 33.9 Å². The van der Waals surface area contributed by atoms with Crippen molar-refractivity contribution in [3.63, 3.8) is 0 Å². The largest absolute Gasteiger partial charge is 0.494 e. The molecule has 1 fully saturated rings. The van der Waals surface area contributed by atoms with E-state index in [1.807, 2.05) is 48.2 Å². The lowest BCUT2D eigenvalue weighted by molar-refractivity contribution is -0.132. The van der Waals surface area contributed by atoms with Crippen LogP contribution in [0.3, 0.4) is 0 Å². The number of anilines is 1. The number of nitrogens with one attached hydrogen (secondary N) is 1. The van der Waals surface area contributed by atoms with Crippen molar-refractivity contribution in [3.05, 3.63) is 65.5 Å². The van der Waals surface area contributed by atoms with Crippen LogP contribution in [0.5, 0.6) is 11.5 Å². The number of aliphatic imine (C=N–C) groups is 1. The van der Waals surface area contributed by atoms with Crippen LogP contribution in [0.2, 0.25) is 0 Å². The van der Waals surface area contributed by atoms with Gasteiger partial charge in [-0.3, -0.25) is 9.59 Å². The Balaban J connectivity index is 1.32. The number of methoxy groups -OCH3 is 2. The number of benzene rings is 3. The number of amides is 2. The standard InChI is InChI=1S/C37H44N6O6/c1-25-13-16-30(31(22-25)49-21-8-6-7-12-33(45)43-19-17-41(2)18-20-43)42(3)37(46)28-15-14-27(36(48-5)35(28)38-24-44)26-10-9-11-29-34(26)40-32(39-29)23-47-4/h9-11,13-16,22H,6-8,12,17-21,23H2,1-5H3,(H,39,40). The van der Waals surface area contributed by atoms with Crippen LogP contribution >= 0.6 is 0 Å². The lowest BCUT2D eigenvalue weighted by atomic mass is 9.98. The monoisotopic (exact) mass is 668 g/mol. The molecule has 49 heavy (non-hydrogen) atoms. The molecule has 0 spiro atoms. The average molecular weight is 669 g/mol. The summed E-state index contributed by atoms with van der Waals surface area (Å²) in [4.78, 5) is 55.8. The Morgan fingerprint density at radius 1 is 1.02 bits per heavy atom. The second kappa shape index (κ2) is 16.4. The minimum Gasteiger partial charge on any atom is -0.494 e. The Kier molecular flexibility index (Phi) is 11.8. The zero-order chi connectivity index (χ0) is 34.9. The maximum Gasteiger partial charge on any atom is 0.260 e. The maximum absolute atomic E-state index is 14.1. The van der Waals surface area contributed by atoms with Crippen LogP contribution in [-0.4, -0.2) is 98.8 Å². The van der Waals surface area contributed by atoms with Gasteiger partial charge in [-0.25, -0.2) is 9.78 Å². The molecule has 258 valence electrons. The molecule has 4 aromatic rings. The lowest BCUT2D eigenvalue weighted by Gasteiger charge is -2.32. The number of aryl methyl sites for hydroxylation is 1. The van der Waals surface area contributed by atoms with Gasteiger partial charge in [0.2, 0.25) is 12.0 Å². The number of aromatic amines is 1. The number of piperazine rings is 1. The van der Waals surface area contributed by atoms with Gasteiger partial charge in [-0.15, -0.1) is 0 Å². The molecule has 1 aliphatic heterocycles. The molecule has 0 bridgehead atoms. The molecule has 2 amide bonds. The fraction of sp³-hybridized carbons (Fsp3) is 0.405. The summed E-state index contributed by atoms with van der Waals surface area (Å²) in [7, 11) is 6.80. The number of unbranched alkanes of at least 4 members (excludes halogenated alkanes) is 2. The Morgan fingerprint density at radius 2 is 1.82 bits per heavy atom. The number of fused-ring (bicyclic) bond motifs is 1. The summed E-state index contributed by atoms with van der Waals surface area (Å²) >= 11 is 0. The zero-order valence-electron chi connectivity index (χ0n) is 28.9. The van der Waals surface area contributed by atoms with Gasteiger partial charge in [-0.05, 0) is 69.1 Å². The van der Waals surface area contributed by atoms with Crippen LogP contribution in [-0.2, 0) is 20.9 Å². The highest BCUT2D eigenvalue weighted by atomic mass is 16.5. The highest BCUT2D eigenvalue weighted by Gasteiger charge is 2.26. The second-order valence-corrected chi connectivity index (χ2v) is 12.2. The van der Waals surface area contributed by atoms with E-state index in [9.17, 15) is 14.4 Å². The summed E-state index contributed by atoms with van der Waals surface area (Å²) < 4.78 is 17.2. The third kappa shape index (κ3) is 8.17. The molecule has 1 saturated heterocycles. The van der Waals surface area contributed by atoms with Crippen molar-refractivity contribution in [1.82, 2.24) is 19.8 Å². The molecule has 1 aliphatic rings. The van der Waals surface area contributed by atoms with E-state index in [2.05, 4.69) is 21.9 Å². The van der Waals surface area contributed by atoms with E-state index in [1.165, 1.54) is 12.0 Å². The maximum atomic E-state index is 14.1. The Hall–Kier alpha value is -5.03. The van der Waals surface area contributed by atoms with Gasteiger partial charge in [0, 0.05) is 57.9 Å². The minimum absolute atomic E-state index is 0.0669. The smallest absolute Gasteiger partial charge is 0.260 e. The molecular formula is C37H44N6O6. The number of para-hydroxylation sites is 1. The summed E-state index contributed by atoms with van der Waals surface area (Å²) in [5.41, 5.74) is 4.62. The Bertz CT molecular complexity index is 1840. The number of carbonyl (C=O) groups is 2. The van der Waals surface area contributed by atoms with Gasteiger partial charge in [0.25, 0.3) is 5.91 Å². The summed E-state index contributed by atoms with van der Waals surface area (Å²) in [5.74, 6) is 1.28. The molecular weight excluding hydrogens is 624 g/mol. The van der Waals surface area contributed by atoms with Crippen LogP contribution in [0, 0.1) is 6.92 Å². The van der Waals surface area contributed by atoms with E-state index < -0.39 is 5.91 Å². The van der Waals surface area contributed by atoms with Gasteiger partial charge in [0.05, 0.1) is 36.0 Å². The van der Waals surface area contributed by atoms with Crippen molar-refractivity contribution < 1.29 is 28.6 Å². The van der Waals surface area contributed by atoms with Crippen molar-refractivity contribution in [2.24, 2.45) is 4.99 Å². The quantitative estimate of drug-likeness (QED) is 0.104. The third-order valence-electron chi connectivity index (χ3n) is 8.79. The molecule has 12 heteroatoms. The summed E-state index contributed by atoms with van der Waals surface area (Å²) in [6.45, 7) is 6.12. The van der Waals surface area contributed by atoms with Crippen molar-refractivity contribution in [1.29, 1.82) is 0 Å². The lowest BCUT2D eigenvalue weighted by Crippen LogP contribution is -2.47. The molecule has 0 atom stereocenters. The average Bonchev–Trinajstić information content (AvgIpc) is 3.52. The number of ether oxygens (including phenoxy) is 3. The molecule has 1 aromatic heterocycles. The van der Waals surface area contributed by atoms with Crippen LogP contribution in [0.15, 0.2) is 53.5 Å². The van der Waals surface area contributed by atoms with E-state index in [1.54, 1.807) is 32.4 Å². The van der Waals surface area contributed by atoms with Gasteiger partial charge in [0.15, 0.2) is 5.75 Å². The number of likely N-dealkylation sites (N-methyl/N-ethyl adjacent to an activating group) is 1. The number of imidazole rings is 1. The van der Waals surface area contributed by atoms with Crippen molar-refractivity contribution in [3.8, 4) is 22.6 Å². The molecule has 2 heterocycles. The zero-order valence-corrected chi connectivity index (χ0v) is 28.9. The first kappa shape index (κ1) is 35.3. The SMILES string of the molecule is COCc1nc2c(-c3ccc(C(=O)N(C)c4ccc(C)cc4OCCCCCC(=O)N4CCN(C)CC4)c(N=C=O)c3OC)cccc2[nH]1. The number of aromatic nitrogens is 2. The van der Waals surface area contributed by atoms with Crippen molar-refractivity contribution in [2.45, 2.75) is 39.2 Å². The van der Waals surface area contributed by atoms with Crippen molar-refractivity contribution in [2.75, 3.05) is 66.0 Å². The molecule has 1 N–H and O–H groups in total. The highest BCUT2D eigenvalue weighted by molar-refractivity contribution is 6.11. The number of hydrogen-bond donors (Lipinski definition) is 1. The number of H-pyrrole nitrogens is 1. The predicted octanol–water partition coefficient (Wildman–Crippen LogP) is 5.65. The van der Waals surface area contributed by atoms with E-state index in [0.717, 1.165) is 62.1 Å². The molecule has 3 aromatic carbocycles. The first-order valence-corrected chi connectivity index (χ1v) is 16.5. The molecule has 12 nitrogen and oxygen atoms in total. The molecule has 0 radical (unpaired) electrons. The van der Waals surface area contributed by atoms with Crippen LogP contribution in [0.25, 0.3) is 22.2 Å². The first-order valence-electron chi connectivity index (χ1n) is 16.5. The first-order chi connectivity index (χ1) is 23.7. The van der Waals surface area contributed by atoms with Crippen LogP contribution in [0.4, 0.5) is 11.4 Å². The van der Waals surface area contributed by atoms with Gasteiger partial charge in [-0.1, -0.05) is 18.2 Å². The van der Waals surface area contributed by atoms with Gasteiger partial charge >= 0.3 is 0 Å². The van der Waals surface area contributed by atoms with Gasteiger partial charge in [0.1, 0.15) is 23.9 Å². The molecule has 0 aliphatic carbocycles. The fourth-order valence-corrected chi connectivity index (χ4v) is 6.08. The van der Waals surface area contributed by atoms with Crippen LogP contribution in [0.1, 0.15) is 47.4 Å². The number of isocyanates is 1. The van der Waals surface area contributed by atoms with E-state index in [-0.39, 0.29) is 22.9 Å². The fourth-order valence-electron chi connectivity index (χ4n) is 6.08.